The molecular weight excluding hydrogens is 528 g/mol. The first-order valence-corrected chi connectivity index (χ1v) is 17.8. The first kappa shape index (κ1) is 33.4. The summed E-state index contributed by atoms with van der Waals surface area (Å²) in [6, 6.07) is 0. The summed E-state index contributed by atoms with van der Waals surface area (Å²) < 4.78 is 0. The van der Waals surface area contributed by atoms with E-state index in [-0.39, 0.29) is 43.3 Å². The molecule has 0 heterocycles. The molecule has 0 aromatic carbocycles. The van der Waals surface area contributed by atoms with Crippen molar-refractivity contribution < 1.29 is 0 Å². The van der Waals surface area contributed by atoms with E-state index in [1.807, 2.05) is 0 Å². The Labute approximate surface area is 272 Å². The predicted octanol–water partition coefficient (Wildman–Crippen LogP) is 13.2. The molecule has 5 rings (SSSR count). The van der Waals surface area contributed by atoms with E-state index in [2.05, 4.69) is 134 Å². The van der Waals surface area contributed by atoms with Crippen LogP contribution in [0.25, 0.3) is 0 Å². The lowest BCUT2D eigenvalue weighted by molar-refractivity contribution is 0.443. The molecule has 0 aromatic heterocycles. The van der Waals surface area contributed by atoms with Gasteiger partial charge in [0.2, 0.25) is 0 Å². The molecule has 0 aliphatic heterocycles. The Morgan fingerprint density at radius 1 is 0.250 bits per heavy atom. The Morgan fingerprint density at radius 2 is 0.364 bits per heavy atom. The van der Waals surface area contributed by atoms with Crippen LogP contribution in [0.2, 0.25) is 0 Å². The molecule has 44 heavy (non-hydrogen) atoms. The highest BCUT2D eigenvalue weighted by molar-refractivity contribution is 5.78. The average Bonchev–Trinajstić information content (AvgIpc) is 3.38. The van der Waals surface area contributed by atoms with Crippen LogP contribution in [0.5, 0.6) is 0 Å². The van der Waals surface area contributed by atoms with Crippen molar-refractivity contribution in [1.82, 2.24) is 0 Å². The Balaban J connectivity index is 2.04. The molecule has 0 nitrogen and oxygen atoms in total. The minimum Gasteiger partial charge on any atom is -0.110 e. The Bertz CT molecular complexity index is 1230. The van der Waals surface area contributed by atoms with Crippen LogP contribution >= 0.6 is 0 Å². The molecule has 5 fully saturated rings. The van der Waals surface area contributed by atoms with Gasteiger partial charge in [-0.1, -0.05) is 111 Å². The van der Waals surface area contributed by atoms with E-state index in [9.17, 15) is 0 Å². The highest BCUT2D eigenvalue weighted by Crippen LogP contribution is 2.59. The van der Waals surface area contributed by atoms with Crippen molar-refractivity contribution in [1.29, 1.82) is 0 Å². The minimum absolute atomic E-state index is 0.137. The molecule has 5 aliphatic rings. The van der Waals surface area contributed by atoms with Gasteiger partial charge in [-0.3, -0.25) is 0 Å². The molecule has 5 saturated carbocycles. The second-order valence-electron chi connectivity index (χ2n) is 20.6. The van der Waals surface area contributed by atoms with E-state index in [0.29, 0.717) is 0 Å². The van der Waals surface area contributed by atoms with Gasteiger partial charge < -0.3 is 0 Å². The van der Waals surface area contributed by atoms with Crippen LogP contribution in [0.15, 0.2) is 67.5 Å². The molecule has 0 saturated heterocycles. The van der Waals surface area contributed by atoms with Gasteiger partial charge in [0.25, 0.3) is 0 Å². The third kappa shape index (κ3) is 5.44. The van der Waals surface area contributed by atoms with Crippen molar-refractivity contribution in [2.45, 2.75) is 162 Å². The average molecular weight is 593 g/mol. The Hall–Kier alpha value is -1.92. The van der Waals surface area contributed by atoms with Crippen LogP contribution < -0.4 is 0 Å². The van der Waals surface area contributed by atoms with E-state index in [1.165, 1.54) is 96.0 Å². The van der Waals surface area contributed by atoms with Crippen molar-refractivity contribution >= 4 is 0 Å². The normalized spacial score (nSPS) is 29.8. The molecule has 240 valence electrons. The third-order valence-electron chi connectivity index (χ3n) is 12.9. The molecule has 0 heteroatoms. The van der Waals surface area contributed by atoms with E-state index in [4.69, 9.17) is 0 Å². The van der Waals surface area contributed by atoms with Gasteiger partial charge in [0.1, 0.15) is 0 Å². The molecular formula is C44H64. The topological polar surface area (TPSA) is 0 Å². The van der Waals surface area contributed by atoms with E-state index < -0.39 is 0 Å². The first-order chi connectivity index (χ1) is 19.7. The summed E-state index contributed by atoms with van der Waals surface area (Å²) in [5.74, 6) is 0. The molecule has 0 amide bonds. The van der Waals surface area contributed by atoms with Gasteiger partial charge in [-0.25, -0.2) is 0 Å². The number of hydrogen-bond donors (Lipinski definition) is 0. The summed E-state index contributed by atoms with van der Waals surface area (Å²) in [4.78, 5) is 0. The minimum atomic E-state index is 0.137. The SMILES string of the molecule is CC1(C)CCC(C)(C)C1=C=C1C(=C=C2C(C)(C)CCC2(C)C)C(=C=C2C(C)(C)CCC2(C)C)C1=C=C1C(C)(C)CCC1(C)C. The largest absolute Gasteiger partial charge is 0.110 e. The van der Waals surface area contributed by atoms with Gasteiger partial charge in [0, 0.05) is 22.3 Å². The Morgan fingerprint density at radius 3 is 0.477 bits per heavy atom. The summed E-state index contributed by atoms with van der Waals surface area (Å²) in [5, 5.41) is 0. The number of rotatable bonds is 0. The maximum Gasteiger partial charge on any atom is 0.0490 e. The zero-order chi connectivity index (χ0) is 33.1. The van der Waals surface area contributed by atoms with E-state index >= 15 is 0 Å². The molecule has 0 bridgehead atoms. The maximum atomic E-state index is 4.19. The van der Waals surface area contributed by atoms with Gasteiger partial charge in [0.05, 0.1) is 0 Å². The summed E-state index contributed by atoms with van der Waals surface area (Å²) >= 11 is 0. The fourth-order valence-electron chi connectivity index (χ4n) is 9.96. The monoisotopic (exact) mass is 593 g/mol. The lowest BCUT2D eigenvalue weighted by Crippen LogP contribution is -2.21. The standard InChI is InChI=1S/C44H64/c1-37(2)17-18-38(3,4)33(37)25-29-30(26-34-39(5,6)19-20-40(34,7)8)32(28-36-43(13,14)23-24-44(36,15)16)31(29)27-35-41(9,10)21-22-42(35,11)12/h17-24H2,1-16H3. The van der Waals surface area contributed by atoms with Crippen LogP contribution in [0.4, 0.5) is 0 Å². The predicted molar refractivity (Wildman–Crippen MR) is 189 cm³/mol. The third-order valence-corrected chi connectivity index (χ3v) is 12.9. The molecule has 5 aliphatic carbocycles. The molecule has 0 unspecified atom stereocenters. The van der Waals surface area contributed by atoms with Crippen molar-refractivity contribution in [3.8, 4) is 0 Å². The summed E-state index contributed by atoms with van der Waals surface area (Å²) in [6.07, 6.45) is 9.71. The van der Waals surface area contributed by atoms with Gasteiger partial charge in [-0.05, 0) is 117 Å². The second-order valence-corrected chi connectivity index (χ2v) is 20.6. The van der Waals surface area contributed by atoms with Crippen molar-refractivity contribution in [3.63, 3.8) is 0 Å². The van der Waals surface area contributed by atoms with Crippen LogP contribution in [0.1, 0.15) is 162 Å². The van der Waals surface area contributed by atoms with Crippen LogP contribution in [-0.2, 0) is 0 Å². The van der Waals surface area contributed by atoms with Gasteiger partial charge >= 0.3 is 0 Å². The van der Waals surface area contributed by atoms with Gasteiger partial charge in [-0.15, -0.1) is 22.9 Å². The van der Waals surface area contributed by atoms with Crippen LogP contribution in [-0.4, -0.2) is 0 Å². The highest BCUT2D eigenvalue weighted by Gasteiger charge is 2.47. The van der Waals surface area contributed by atoms with Crippen molar-refractivity contribution in [2.75, 3.05) is 0 Å². The highest BCUT2D eigenvalue weighted by atomic mass is 14.5. The van der Waals surface area contributed by atoms with E-state index in [0.717, 1.165) is 0 Å². The first-order valence-electron chi connectivity index (χ1n) is 17.8. The van der Waals surface area contributed by atoms with Crippen LogP contribution in [0.3, 0.4) is 0 Å². The summed E-state index contributed by atoms with van der Waals surface area (Å²) in [5.41, 5.74) is 28.7. The summed E-state index contributed by atoms with van der Waals surface area (Å²) in [7, 11) is 0. The molecule has 0 spiro atoms. The fourth-order valence-corrected chi connectivity index (χ4v) is 9.96. The lowest BCUT2D eigenvalue weighted by Gasteiger charge is -2.33. The number of allylic oxidation sites excluding steroid dienone is 4. The second kappa shape index (κ2) is 9.80. The van der Waals surface area contributed by atoms with E-state index in [1.54, 1.807) is 0 Å². The fraction of sp³-hybridized carbons (Fsp3) is 0.727. The molecule has 0 aromatic rings. The molecule has 0 N–H and O–H groups in total. The zero-order valence-electron chi connectivity index (χ0n) is 31.7. The van der Waals surface area contributed by atoms with Crippen molar-refractivity contribution in [2.24, 2.45) is 43.3 Å². The smallest absolute Gasteiger partial charge is 0.0490 e. The van der Waals surface area contributed by atoms with Crippen LogP contribution in [0, 0.1) is 43.3 Å². The number of hydrogen-bond acceptors (Lipinski definition) is 0. The van der Waals surface area contributed by atoms with Gasteiger partial charge in [-0.2, -0.15) is 0 Å². The molecule has 0 radical (unpaired) electrons. The maximum absolute atomic E-state index is 4.19. The van der Waals surface area contributed by atoms with Gasteiger partial charge in [0.15, 0.2) is 0 Å². The zero-order valence-corrected chi connectivity index (χ0v) is 31.7. The molecule has 0 atom stereocenters. The summed E-state index contributed by atoms with van der Waals surface area (Å²) in [6.45, 7) is 38.9. The van der Waals surface area contributed by atoms with Crippen molar-refractivity contribution in [3.05, 3.63) is 67.5 Å². The lowest BCUT2D eigenvalue weighted by atomic mass is 9.68. The quantitative estimate of drug-likeness (QED) is 0.245. The Kier molecular flexibility index (Phi) is 7.45.